The van der Waals surface area contributed by atoms with Crippen molar-refractivity contribution in [2.75, 3.05) is 12.3 Å². The summed E-state index contributed by atoms with van der Waals surface area (Å²) in [6.45, 7) is 0.155. The number of nitrogens with zero attached hydrogens (tertiary/aromatic N) is 2. The van der Waals surface area contributed by atoms with Gasteiger partial charge in [-0.3, -0.25) is 14.5 Å². The van der Waals surface area contributed by atoms with Crippen molar-refractivity contribution in [2.24, 2.45) is 17.1 Å². The van der Waals surface area contributed by atoms with Crippen LogP contribution < -0.4 is 5.73 Å². The molecule has 2 fully saturated rings. The SMILES string of the molecule is N#CC1(C(N)=O)CC1N1C[C@H](CS(=O)(=O)c2ccccc2Cl)C[C@H]1C(=O)O. The molecule has 144 valence electrons. The minimum atomic E-state index is -3.71. The molecule has 1 aliphatic heterocycles. The molecule has 3 N–H and O–H groups in total. The topological polar surface area (TPSA) is 142 Å². The Balaban J connectivity index is 1.80. The lowest BCUT2D eigenvalue weighted by Gasteiger charge is -2.22. The molecule has 2 unspecified atom stereocenters. The quantitative estimate of drug-likeness (QED) is 0.699. The van der Waals surface area contributed by atoms with Crippen LogP contribution >= 0.6 is 11.6 Å². The number of carbonyl (C=O) groups excluding carboxylic acids is 1. The zero-order chi connectivity index (χ0) is 20.0. The molecule has 1 amide bonds. The Kier molecular flexibility index (Phi) is 4.93. The van der Waals surface area contributed by atoms with Gasteiger partial charge in [-0.2, -0.15) is 5.26 Å². The van der Waals surface area contributed by atoms with Crippen LogP contribution in [0.15, 0.2) is 29.2 Å². The lowest BCUT2D eigenvalue weighted by atomic mass is 10.1. The molecule has 1 heterocycles. The van der Waals surface area contributed by atoms with Gasteiger partial charge in [0.1, 0.15) is 6.04 Å². The minimum absolute atomic E-state index is 0.00641. The van der Waals surface area contributed by atoms with Gasteiger partial charge in [0, 0.05) is 12.6 Å². The molecule has 1 saturated carbocycles. The van der Waals surface area contributed by atoms with Gasteiger partial charge in [-0.1, -0.05) is 23.7 Å². The van der Waals surface area contributed by atoms with Crippen molar-refractivity contribution < 1.29 is 23.1 Å². The van der Waals surface area contributed by atoms with Crippen molar-refractivity contribution in [2.45, 2.75) is 29.8 Å². The molecule has 1 aliphatic carbocycles. The van der Waals surface area contributed by atoms with Gasteiger partial charge in [0.2, 0.25) is 5.91 Å². The van der Waals surface area contributed by atoms with Crippen LogP contribution in [0.1, 0.15) is 12.8 Å². The van der Waals surface area contributed by atoms with Crippen molar-refractivity contribution in [3.8, 4) is 6.07 Å². The fourth-order valence-electron chi connectivity index (χ4n) is 3.84. The van der Waals surface area contributed by atoms with Crippen molar-refractivity contribution in [1.82, 2.24) is 4.90 Å². The van der Waals surface area contributed by atoms with Gasteiger partial charge in [-0.05, 0) is 30.9 Å². The van der Waals surface area contributed by atoms with Gasteiger partial charge in [-0.25, -0.2) is 8.42 Å². The Morgan fingerprint density at radius 3 is 2.59 bits per heavy atom. The first kappa shape index (κ1) is 19.6. The third-order valence-electron chi connectivity index (χ3n) is 5.30. The summed E-state index contributed by atoms with van der Waals surface area (Å²) in [6, 6.07) is 6.41. The highest BCUT2D eigenvalue weighted by Crippen LogP contribution is 2.51. The molecule has 3 rings (SSSR count). The number of sulfone groups is 1. The van der Waals surface area contributed by atoms with Crippen LogP contribution in [-0.4, -0.2) is 54.7 Å². The van der Waals surface area contributed by atoms with Crippen LogP contribution in [0, 0.1) is 22.7 Å². The molecule has 0 aromatic heterocycles. The van der Waals surface area contributed by atoms with Crippen molar-refractivity contribution in [3.63, 3.8) is 0 Å². The maximum atomic E-state index is 12.7. The number of rotatable bonds is 6. The number of primary amides is 1. The highest BCUT2D eigenvalue weighted by molar-refractivity contribution is 7.91. The normalized spacial score (nSPS) is 30.6. The molecule has 1 saturated heterocycles. The van der Waals surface area contributed by atoms with Gasteiger partial charge < -0.3 is 10.8 Å². The molecular formula is C17H18ClN3O5S. The van der Waals surface area contributed by atoms with E-state index in [1.807, 2.05) is 6.07 Å². The van der Waals surface area contributed by atoms with E-state index in [0.29, 0.717) is 0 Å². The Bertz CT molecular complexity index is 944. The number of nitrogens with two attached hydrogens (primary N) is 1. The highest BCUT2D eigenvalue weighted by atomic mass is 35.5. The summed E-state index contributed by atoms with van der Waals surface area (Å²) in [5, 5.41) is 18.9. The second kappa shape index (κ2) is 6.78. The number of carboxylic acids is 1. The number of hydrogen-bond acceptors (Lipinski definition) is 6. The van der Waals surface area contributed by atoms with Gasteiger partial charge in [0.25, 0.3) is 0 Å². The van der Waals surface area contributed by atoms with Gasteiger partial charge in [0.05, 0.1) is 21.7 Å². The van der Waals surface area contributed by atoms with Gasteiger partial charge in [-0.15, -0.1) is 0 Å². The molecule has 0 spiro atoms. The minimum Gasteiger partial charge on any atom is -0.480 e. The van der Waals surface area contributed by atoms with E-state index in [1.54, 1.807) is 12.1 Å². The smallest absolute Gasteiger partial charge is 0.320 e. The summed E-state index contributed by atoms with van der Waals surface area (Å²) in [5.41, 5.74) is 3.91. The van der Waals surface area contributed by atoms with Crippen molar-refractivity contribution >= 4 is 33.3 Å². The van der Waals surface area contributed by atoms with Crippen LogP contribution in [0.2, 0.25) is 5.02 Å². The molecule has 8 nitrogen and oxygen atoms in total. The average molecular weight is 412 g/mol. The van der Waals surface area contributed by atoms with Gasteiger partial charge in [0.15, 0.2) is 15.3 Å². The Morgan fingerprint density at radius 1 is 1.41 bits per heavy atom. The van der Waals surface area contributed by atoms with Crippen LogP contribution in [0.3, 0.4) is 0 Å². The number of amides is 1. The molecule has 1 aromatic carbocycles. The number of benzene rings is 1. The Labute approximate surface area is 161 Å². The van der Waals surface area contributed by atoms with E-state index in [9.17, 15) is 28.4 Å². The predicted molar refractivity (Wildman–Crippen MR) is 95.4 cm³/mol. The lowest BCUT2D eigenvalue weighted by molar-refractivity contribution is -0.142. The summed E-state index contributed by atoms with van der Waals surface area (Å²) in [6.07, 6.45) is 0.266. The first-order valence-corrected chi connectivity index (χ1v) is 10.3. The second-order valence-electron chi connectivity index (χ2n) is 7.03. The van der Waals surface area contributed by atoms with Crippen molar-refractivity contribution in [1.29, 1.82) is 5.26 Å². The van der Waals surface area contributed by atoms with E-state index in [-0.39, 0.29) is 35.1 Å². The first-order chi connectivity index (χ1) is 12.6. The number of nitriles is 1. The molecule has 0 bridgehead atoms. The number of likely N-dealkylation sites (tertiary alicyclic amines) is 1. The van der Waals surface area contributed by atoms with Crippen LogP contribution in [-0.2, 0) is 19.4 Å². The van der Waals surface area contributed by atoms with Crippen LogP contribution in [0.25, 0.3) is 0 Å². The first-order valence-electron chi connectivity index (χ1n) is 8.29. The van der Waals surface area contributed by atoms with E-state index < -0.39 is 45.1 Å². The predicted octanol–water partition coefficient (Wildman–Crippen LogP) is 0.656. The maximum Gasteiger partial charge on any atom is 0.320 e. The number of halogens is 1. The van der Waals surface area contributed by atoms with E-state index in [4.69, 9.17) is 17.3 Å². The maximum absolute atomic E-state index is 12.7. The Hall–Kier alpha value is -2.15. The molecule has 1 aromatic rings. The molecule has 0 radical (unpaired) electrons. The largest absolute Gasteiger partial charge is 0.480 e. The third kappa shape index (κ3) is 3.40. The molecular weight excluding hydrogens is 394 g/mol. The Morgan fingerprint density at radius 2 is 2.07 bits per heavy atom. The summed E-state index contributed by atoms with van der Waals surface area (Å²) in [7, 11) is -3.71. The fraction of sp³-hybridized carbons (Fsp3) is 0.471. The highest BCUT2D eigenvalue weighted by Gasteiger charge is 2.65. The lowest BCUT2D eigenvalue weighted by Crippen LogP contribution is -2.42. The number of aliphatic carboxylic acids is 1. The number of carboxylic acid groups (broad SMARTS) is 1. The zero-order valence-electron chi connectivity index (χ0n) is 14.2. The second-order valence-corrected chi connectivity index (χ2v) is 9.44. The van der Waals surface area contributed by atoms with Crippen LogP contribution in [0.5, 0.6) is 0 Å². The zero-order valence-corrected chi connectivity index (χ0v) is 15.8. The molecule has 4 atom stereocenters. The van der Waals surface area contributed by atoms with E-state index in [1.165, 1.54) is 17.0 Å². The molecule has 10 heteroatoms. The van der Waals surface area contributed by atoms with Crippen LogP contribution in [0.4, 0.5) is 0 Å². The summed E-state index contributed by atoms with van der Waals surface area (Å²) in [4.78, 5) is 24.8. The fourth-order valence-corrected chi connectivity index (χ4v) is 6.02. The van der Waals surface area contributed by atoms with E-state index >= 15 is 0 Å². The molecule has 2 aliphatic rings. The monoisotopic (exact) mass is 411 g/mol. The summed E-state index contributed by atoms with van der Waals surface area (Å²) >= 11 is 5.98. The van der Waals surface area contributed by atoms with E-state index in [0.717, 1.165) is 0 Å². The summed E-state index contributed by atoms with van der Waals surface area (Å²) < 4.78 is 25.4. The summed E-state index contributed by atoms with van der Waals surface area (Å²) in [5.74, 6) is -2.63. The standard InChI is InChI=1S/C17H18ClN3O5S/c18-11-3-1-2-4-13(11)27(25,26)8-10-5-12(15(22)23)21(7-10)14-6-17(14,9-19)16(20)24/h1-4,10,12,14H,5-8H2,(H2,20,24)(H,22,23)/t10-,12+,14?,17?/m1/s1. The third-order valence-corrected chi connectivity index (χ3v) is 7.68. The molecule has 27 heavy (non-hydrogen) atoms. The van der Waals surface area contributed by atoms with Crippen molar-refractivity contribution in [3.05, 3.63) is 29.3 Å². The number of carbonyl (C=O) groups is 2. The van der Waals surface area contributed by atoms with Gasteiger partial charge >= 0.3 is 5.97 Å². The van der Waals surface area contributed by atoms with E-state index in [2.05, 4.69) is 0 Å². The number of hydrogen-bond donors (Lipinski definition) is 2. The average Bonchev–Trinajstić information content (AvgIpc) is 3.21.